The Morgan fingerprint density at radius 1 is 1.12 bits per heavy atom. The second-order valence-electron chi connectivity index (χ2n) is 5.59. The molecule has 0 amide bonds. The molecule has 9 heteroatoms. The van der Waals surface area contributed by atoms with Crippen molar-refractivity contribution in [3.8, 4) is 5.75 Å². The van der Waals surface area contributed by atoms with Crippen LogP contribution < -0.4 is 4.74 Å². The van der Waals surface area contributed by atoms with Gasteiger partial charge in [0.05, 0.1) is 5.41 Å². The van der Waals surface area contributed by atoms with Gasteiger partial charge in [-0.1, -0.05) is 23.7 Å². The lowest BCUT2D eigenvalue weighted by Crippen LogP contribution is -2.17. The highest BCUT2D eigenvalue weighted by Gasteiger charge is 2.49. The maximum absolute atomic E-state index is 12.3. The molecule has 24 heavy (non-hydrogen) atoms. The molecule has 2 aromatic heterocycles. The second-order valence-corrected chi connectivity index (χ2v) is 5.95. The molecule has 0 radical (unpaired) electrons. The minimum Gasteiger partial charge on any atom is -0.406 e. The molecule has 0 bridgehead atoms. The maximum atomic E-state index is 12.3. The Kier molecular flexibility index (Phi) is 3.21. The molecule has 1 aliphatic rings. The van der Waals surface area contributed by atoms with Crippen molar-refractivity contribution in [2.45, 2.75) is 24.6 Å². The summed E-state index contributed by atoms with van der Waals surface area (Å²) in [4.78, 5) is 3.96. The van der Waals surface area contributed by atoms with Gasteiger partial charge in [-0.3, -0.25) is 4.40 Å². The van der Waals surface area contributed by atoms with Crippen LogP contribution in [-0.4, -0.2) is 25.9 Å². The predicted octanol–water partition coefficient (Wildman–Crippen LogP) is 3.76. The van der Waals surface area contributed by atoms with Crippen molar-refractivity contribution in [1.29, 1.82) is 0 Å². The van der Waals surface area contributed by atoms with Crippen LogP contribution in [0.1, 0.15) is 24.2 Å². The highest BCUT2D eigenvalue weighted by molar-refractivity contribution is 6.32. The van der Waals surface area contributed by atoms with Crippen molar-refractivity contribution >= 4 is 17.2 Å². The topological polar surface area (TPSA) is 52.3 Å². The first kappa shape index (κ1) is 15.2. The Balaban J connectivity index is 1.71. The zero-order chi connectivity index (χ0) is 16.9. The summed E-state index contributed by atoms with van der Waals surface area (Å²) < 4.78 is 42.5. The van der Waals surface area contributed by atoms with Gasteiger partial charge in [-0.15, -0.1) is 23.4 Å². The second kappa shape index (κ2) is 5.07. The first-order chi connectivity index (χ1) is 11.4. The van der Waals surface area contributed by atoms with Gasteiger partial charge in [0.15, 0.2) is 10.8 Å². The third-order valence-corrected chi connectivity index (χ3v) is 4.37. The van der Waals surface area contributed by atoms with Crippen molar-refractivity contribution in [3.63, 3.8) is 0 Å². The average Bonchev–Trinajstić information content (AvgIpc) is 3.19. The van der Waals surface area contributed by atoms with Crippen molar-refractivity contribution < 1.29 is 17.9 Å². The highest BCUT2D eigenvalue weighted by atomic mass is 35.5. The number of hydrogen-bond acceptors (Lipinski definition) is 4. The van der Waals surface area contributed by atoms with E-state index in [1.807, 2.05) is 0 Å². The summed E-state index contributed by atoms with van der Waals surface area (Å²) in [6, 6.07) is 5.86. The fourth-order valence-corrected chi connectivity index (χ4v) is 3.05. The number of nitrogens with zero attached hydrogens (tertiary/aromatic N) is 4. The molecule has 1 aliphatic carbocycles. The van der Waals surface area contributed by atoms with E-state index in [1.165, 1.54) is 12.1 Å². The van der Waals surface area contributed by atoms with Gasteiger partial charge in [-0.2, -0.15) is 0 Å². The summed E-state index contributed by atoms with van der Waals surface area (Å²) in [7, 11) is 0. The fraction of sp³-hybridized carbons (Fsp3) is 0.267. The van der Waals surface area contributed by atoms with Gasteiger partial charge >= 0.3 is 6.36 Å². The molecule has 0 atom stereocenters. The minimum atomic E-state index is -4.70. The van der Waals surface area contributed by atoms with Crippen LogP contribution in [0.15, 0.2) is 36.7 Å². The Labute approximate surface area is 139 Å². The van der Waals surface area contributed by atoms with E-state index in [-0.39, 0.29) is 16.3 Å². The molecule has 0 aliphatic heterocycles. The zero-order valence-corrected chi connectivity index (χ0v) is 12.8. The minimum absolute atomic E-state index is 0.250. The largest absolute Gasteiger partial charge is 0.573 e. The summed E-state index contributed by atoms with van der Waals surface area (Å²) in [5, 5.41) is 8.54. The van der Waals surface area contributed by atoms with Crippen LogP contribution in [0.2, 0.25) is 5.15 Å². The Morgan fingerprint density at radius 3 is 2.46 bits per heavy atom. The number of ether oxygens (including phenoxy) is 1. The summed E-state index contributed by atoms with van der Waals surface area (Å²) in [5.41, 5.74) is 0.942. The van der Waals surface area contributed by atoms with Crippen LogP contribution in [0.5, 0.6) is 5.75 Å². The van der Waals surface area contributed by atoms with Gasteiger partial charge in [0.2, 0.25) is 0 Å². The standard InChI is InChI=1S/C15H10ClF3N4O/c16-11-12-21-22-13(23(12)8-7-20-11)14(5-6-14)9-1-3-10(4-2-9)24-15(17,18)19/h1-4,7-8H,5-6H2. The molecular formula is C15H10ClF3N4O. The first-order valence-electron chi connectivity index (χ1n) is 7.11. The van der Waals surface area contributed by atoms with Gasteiger partial charge in [0.25, 0.3) is 0 Å². The summed E-state index contributed by atoms with van der Waals surface area (Å²) in [6.45, 7) is 0. The van der Waals surface area contributed by atoms with Gasteiger partial charge in [-0.25, -0.2) is 4.98 Å². The van der Waals surface area contributed by atoms with Crippen LogP contribution in [0.3, 0.4) is 0 Å². The van der Waals surface area contributed by atoms with Gasteiger partial charge in [0, 0.05) is 12.4 Å². The van der Waals surface area contributed by atoms with E-state index >= 15 is 0 Å². The lowest BCUT2D eigenvalue weighted by atomic mass is 9.95. The van der Waals surface area contributed by atoms with Crippen molar-refractivity contribution in [2.24, 2.45) is 0 Å². The Bertz CT molecular complexity index is 903. The van der Waals surface area contributed by atoms with Crippen molar-refractivity contribution in [1.82, 2.24) is 19.6 Å². The summed E-state index contributed by atoms with van der Waals surface area (Å²) in [6.07, 6.45) is 0.225. The zero-order valence-electron chi connectivity index (χ0n) is 12.1. The summed E-state index contributed by atoms with van der Waals surface area (Å²) in [5.74, 6) is 0.451. The van der Waals surface area contributed by atoms with E-state index in [4.69, 9.17) is 11.6 Å². The monoisotopic (exact) mass is 354 g/mol. The highest BCUT2D eigenvalue weighted by Crippen LogP contribution is 2.53. The van der Waals surface area contributed by atoms with E-state index in [9.17, 15) is 13.2 Å². The Morgan fingerprint density at radius 2 is 1.83 bits per heavy atom. The van der Waals surface area contributed by atoms with E-state index in [0.717, 1.165) is 18.4 Å². The fourth-order valence-electron chi connectivity index (χ4n) is 2.86. The maximum Gasteiger partial charge on any atom is 0.573 e. The van der Waals surface area contributed by atoms with Crippen LogP contribution in [0, 0.1) is 0 Å². The van der Waals surface area contributed by atoms with E-state index in [2.05, 4.69) is 19.9 Å². The molecule has 2 heterocycles. The number of benzene rings is 1. The quantitative estimate of drug-likeness (QED) is 0.718. The number of hydrogen-bond donors (Lipinski definition) is 0. The van der Waals surface area contributed by atoms with Gasteiger partial charge < -0.3 is 4.74 Å². The molecule has 0 spiro atoms. The third kappa shape index (κ3) is 2.47. The SMILES string of the molecule is FC(F)(F)Oc1ccc(C2(c3nnc4c(Cl)nccn34)CC2)cc1. The van der Waals surface area contributed by atoms with Gasteiger partial charge in [-0.05, 0) is 30.5 Å². The molecular weight excluding hydrogens is 345 g/mol. The third-order valence-electron chi connectivity index (χ3n) is 4.10. The van der Waals surface area contributed by atoms with E-state index in [0.29, 0.717) is 11.5 Å². The molecule has 1 saturated carbocycles. The normalized spacial score (nSPS) is 16.3. The van der Waals surface area contributed by atoms with Gasteiger partial charge in [0.1, 0.15) is 11.6 Å². The molecule has 1 fully saturated rings. The van der Waals surface area contributed by atoms with E-state index in [1.54, 1.807) is 28.9 Å². The molecule has 4 rings (SSSR count). The van der Waals surface area contributed by atoms with Crippen molar-refractivity contribution in [2.75, 3.05) is 0 Å². The van der Waals surface area contributed by atoms with E-state index < -0.39 is 6.36 Å². The number of rotatable bonds is 3. The summed E-state index contributed by atoms with van der Waals surface area (Å²) >= 11 is 6.01. The molecule has 1 aromatic carbocycles. The molecule has 3 aromatic rings. The average molecular weight is 355 g/mol. The van der Waals surface area contributed by atoms with Crippen LogP contribution >= 0.6 is 11.6 Å². The predicted molar refractivity (Wildman–Crippen MR) is 78.9 cm³/mol. The van der Waals surface area contributed by atoms with Crippen LogP contribution in [0.25, 0.3) is 5.65 Å². The molecule has 0 saturated heterocycles. The molecule has 124 valence electrons. The number of fused-ring (bicyclic) bond motifs is 1. The lowest BCUT2D eigenvalue weighted by Gasteiger charge is -2.15. The molecule has 5 nitrogen and oxygen atoms in total. The van der Waals surface area contributed by atoms with Crippen LogP contribution in [0.4, 0.5) is 13.2 Å². The number of aromatic nitrogens is 4. The molecule has 0 N–H and O–H groups in total. The number of alkyl halides is 3. The Hall–Kier alpha value is -2.35. The lowest BCUT2D eigenvalue weighted by molar-refractivity contribution is -0.274. The number of halogens is 4. The first-order valence-corrected chi connectivity index (χ1v) is 7.49. The molecule has 0 unspecified atom stereocenters. The smallest absolute Gasteiger partial charge is 0.406 e. The van der Waals surface area contributed by atoms with Crippen LogP contribution in [-0.2, 0) is 5.41 Å². The van der Waals surface area contributed by atoms with Crippen molar-refractivity contribution in [3.05, 3.63) is 53.2 Å².